The summed E-state index contributed by atoms with van der Waals surface area (Å²) in [7, 11) is 0. The largest absolute Gasteiger partial charge is 0.297 e. The Morgan fingerprint density at radius 3 is 2.59 bits per heavy atom. The first kappa shape index (κ1) is 14.4. The minimum absolute atomic E-state index is 0.156. The van der Waals surface area contributed by atoms with E-state index in [1.807, 2.05) is 62.4 Å². The third kappa shape index (κ3) is 2.89. The first-order valence-electron chi connectivity index (χ1n) is 6.92. The van der Waals surface area contributed by atoms with Crippen LogP contribution >= 0.6 is 11.5 Å². The zero-order valence-corrected chi connectivity index (χ0v) is 13.1. The highest BCUT2D eigenvalue weighted by Gasteiger charge is 2.13. The summed E-state index contributed by atoms with van der Waals surface area (Å²) in [5.41, 5.74) is 3.67. The van der Waals surface area contributed by atoms with Crippen molar-refractivity contribution in [3.8, 4) is 11.4 Å². The predicted octanol–water partition coefficient (Wildman–Crippen LogP) is 4.07. The monoisotopic (exact) mass is 309 g/mol. The molecule has 0 aliphatic carbocycles. The van der Waals surface area contributed by atoms with Crippen LogP contribution in [0, 0.1) is 13.8 Å². The van der Waals surface area contributed by atoms with E-state index in [0.29, 0.717) is 16.5 Å². The molecule has 4 nitrogen and oxygen atoms in total. The van der Waals surface area contributed by atoms with E-state index >= 15 is 0 Å². The second-order valence-corrected chi connectivity index (χ2v) is 5.74. The van der Waals surface area contributed by atoms with Crippen LogP contribution in [-0.4, -0.2) is 15.3 Å². The molecule has 0 radical (unpaired) electrons. The number of rotatable bonds is 3. The molecule has 0 saturated heterocycles. The van der Waals surface area contributed by atoms with Gasteiger partial charge in [0.05, 0.1) is 0 Å². The predicted molar refractivity (Wildman–Crippen MR) is 89.2 cm³/mol. The SMILES string of the molecule is Cc1cccc(C(=O)Nc2nc(-c3ccccc3)ns2)c1C. The normalized spacial score (nSPS) is 10.5. The van der Waals surface area contributed by atoms with Crippen LogP contribution in [0.3, 0.4) is 0 Å². The molecule has 5 heteroatoms. The summed E-state index contributed by atoms with van der Waals surface area (Å²) in [6.45, 7) is 3.93. The van der Waals surface area contributed by atoms with Gasteiger partial charge in [-0.3, -0.25) is 10.1 Å². The number of carbonyl (C=O) groups excluding carboxylic acids is 1. The third-order valence-electron chi connectivity index (χ3n) is 3.53. The molecule has 0 aliphatic rings. The topological polar surface area (TPSA) is 54.9 Å². The van der Waals surface area contributed by atoms with Gasteiger partial charge >= 0.3 is 0 Å². The van der Waals surface area contributed by atoms with Gasteiger partial charge in [-0.25, -0.2) is 0 Å². The Morgan fingerprint density at radius 1 is 1.05 bits per heavy atom. The van der Waals surface area contributed by atoms with Crippen LogP contribution in [0.2, 0.25) is 0 Å². The highest BCUT2D eigenvalue weighted by Crippen LogP contribution is 2.22. The lowest BCUT2D eigenvalue weighted by Crippen LogP contribution is -2.13. The smallest absolute Gasteiger partial charge is 0.257 e. The highest BCUT2D eigenvalue weighted by molar-refractivity contribution is 7.10. The van der Waals surface area contributed by atoms with Crippen molar-refractivity contribution in [3.63, 3.8) is 0 Å². The van der Waals surface area contributed by atoms with Gasteiger partial charge in [-0.15, -0.1) is 0 Å². The molecule has 3 rings (SSSR count). The number of aryl methyl sites for hydroxylation is 1. The molecular formula is C17H15N3OS. The van der Waals surface area contributed by atoms with Gasteiger partial charge in [-0.2, -0.15) is 9.36 Å². The average Bonchev–Trinajstić information content (AvgIpc) is 2.99. The minimum Gasteiger partial charge on any atom is -0.297 e. The van der Waals surface area contributed by atoms with Crippen LogP contribution in [0.4, 0.5) is 5.13 Å². The van der Waals surface area contributed by atoms with E-state index in [4.69, 9.17) is 0 Å². The fraction of sp³-hybridized carbons (Fsp3) is 0.118. The minimum atomic E-state index is -0.156. The zero-order chi connectivity index (χ0) is 15.5. The standard InChI is InChI=1S/C17H15N3OS/c1-11-7-6-10-14(12(11)2)16(21)19-17-18-15(20-22-17)13-8-4-3-5-9-13/h3-10H,1-2H3,(H,18,19,20,21). The maximum Gasteiger partial charge on any atom is 0.257 e. The highest BCUT2D eigenvalue weighted by atomic mass is 32.1. The van der Waals surface area contributed by atoms with Crippen molar-refractivity contribution in [2.75, 3.05) is 5.32 Å². The summed E-state index contributed by atoms with van der Waals surface area (Å²) in [6.07, 6.45) is 0. The van der Waals surface area contributed by atoms with Gasteiger partial charge in [0.2, 0.25) is 5.13 Å². The van der Waals surface area contributed by atoms with Gasteiger partial charge in [0.15, 0.2) is 5.82 Å². The lowest BCUT2D eigenvalue weighted by Gasteiger charge is -2.07. The number of benzene rings is 2. The molecule has 110 valence electrons. The summed E-state index contributed by atoms with van der Waals surface area (Å²) < 4.78 is 4.29. The van der Waals surface area contributed by atoms with Gasteiger partial charge in [0.25, 0.3) is 5.91 Å². The molecule has 3 aromatic rings. The van der Waals surface area contributed by atoms with E-state index in [1.54, 1.807) is 0 Å². The molecule has 1 N–H and O–H groups in total. The van der Waals surface area contributed by atoms with Gasteiger partial charge < -0.3 is 0 Å². The molecule has 22 heavy (non-hydrogen) atoms. The number of amides is 1. The molecular weight excluding hydrogens is 294 g/mol. The van der Waals surface area contributed by atoms with Crippen LogP contribution in [0.15, 0.2) is 48.5 Å². The van der Waals surface area contributed by atoms with Crippen molar-refractivity contribution in [2.45, 2.75) is 13.8 Å². The van der Waals surface area contributed by atoms with Crippen LogP contribution < -0.4 is 5.32 Å². The van der Waals surface area contributed by atoms with Gasteiger partial charge in [0.1, 0.15) is 0 Å². The molecule has 0 bridgehead atoms. The van der Waals surface area contributed by atoms with Gasteiger partial charge in [-0.05, 0) is 31.0 Å². The van der Waals surface area contributed by atoms with Crippen molar-refractivity contribution >= 4 is 22.6 Å². The Morgan fingerprint density at radius 2 is 1.82 bits per heavy atom. The van der Waals surface area contributed by atoms with Crippen molar-refractivity contribution in [1.82, 2.24) is 9.36 Å². The van der Waals surface area contributed by atoms with E-state index < -0.39 is 0 Å². The van der Waals surface area contributed by atoms with E-state index in [-0.39, 0.29) is 5.91 Å². The van der Waals surface area contributed by atoms with Gasteiger partial charge in [-0.1, -0.05) is 42.5 Å². The quantitative estimate of drug-likeness (QED) is 0.793. The number of nitrogens with zero attached hydrogens (tertiary/aromatic N) is 2. The molecule has 2 aromatic carbocycles. The van der Waals surface area contributed by atoms with Crippen LogP contribution in [-0.2, 0) is 0 Å². The number of hydrogen-bond acceptors (Lipinski definition) is 4. The van der Waals surface area contributed by atoms with Crippen molar-refractivity contribution in [1.29, 1.82) is 0 Å². The van der Waals surface area contributed by atoms with Crippen LogP contribution in [0.25, 0.3) is 11.4 Å². The molecule has 1 heterocycles. The molecule has 0 spiro atoms. The summed E-state index contributed by atoms with van der Waals surface area (Å²) in [6, 6.07) is 15.4. The van der Waals surface area contributed by atoms with Crippen LogP contribution in [0.5, 0.6) is 0 Å². The summed E-state index contributed by atoms with van der Waals surface area (Å²) in [4.78, 5) is 16.7. The average molecular weight is 309 g/mol. The van der Waals surface area contributed by atoms with Crippen LogP contribution in [0.1, 0.15) is 21.5 Å². The molecule has 0 saturated carbocycles. The molecule has 1 aromatic heterocycles. The maximum atomic E-state index is 12.4. The molecule has 0 unspecified atom stereocenters. The number of nitrogens with one attached hydrogen (secondary N) is 1. The molecule has 0 fully saturated rings. The summed E-state index contributed by atoms with van der Waals surface area (Å²) >= 11 is 1.18. The Bertz CT molecular complexity index is 812. The second kappa shape index (κ2) is 6.07. The van der Waals surface area contributed by atoms with Gasteiger partial charge in [0, 0.05) is 22.7 Å². The first-order chi connectivity index (χ1) is 10.6. The summed E-state index contributed by atoms with van der Waals surface area (Å²) in [5, 5.41) is 3.33. The maximum absolute atomic E-state index is 12.4. The first-order valence-corrected chi connectivity index (χ1v) is 7.69. The molecule has 0 aliphatic heterocycles. The number of aromatic nitrogens is 2. The lowest BCUT2D eigenvalue weighted by atomic mass is 10.0. The van der Waals surface area contributed by atoms with Crippen molar-refractivity contribution < 1.29 is 4.79 Å². The molecule has 0 atom stereocenters. The van der Waals surface area contributed by atoms with E-state index in [1.165, 1.54) is 11.5 Å². The number of hydrogen-bond donors (Lipinski definition) is 1. The summed E-state index contributed by atoms with van der Waals surface area (Å²) in [5.74, 6) is 0.471. The van der Waals surface area contributed by atoms with Crippen molar-refractivity contribution in [2.24, 2.45) is 0 Å². The zero-order valence-electron chi connectivity index (χ0n) is 12.3. The Kier molecular flexibility index (Phi) is 3.98. The Hall–Kier alpha value is -2.53. The Labute approximate surface area is 133 Å². The number of carbonyl (C=O) groups is 1. The number of anilines is 1. The lowest BCUT2D eigenvalue weighted by molar-refractivity contribution is 0.102. The Balaban J connectivity index is 1.81. The van der Waals surface area contributed by atoms with E-state index in [2.05, 4.69) is 14.7 Å². The molecule has 1 amide bonds. The van der Waals surface area contributed by atoms with E-state index in [0.717, 1.165) is 16.7 Å². The van der Waals surface area contributed by atoms with Crippen molar-refractivity contribution in [3.05, 3.63) is 65.2 Å². The third-order valence-corrected chi connectivity index (χ3v) is 4.16. The fourth-order valence-corrected chi connectivity index (χ4v) is 2.73. The second-order valence-electron chi connectivity index (χ2n) is 4.99. The van der Waals surface area contributed by atoms with E-state index in [9.17, 15) is 4.79 Å². The fourth-order valence-electron chi connectivity index (χ4n) is 2.14.